The van der Waals surface area contributed by atoms with E-state index >= 15 is 0 Å². The highest BCUT2D eigenvalue weighted by molar-refractivity contribution is 7.21. The van der Waals surface area contributed by atoms with Crippen LogP contribution in [0.1, 0.15) is 10.6 Å². The van der Waals surface area contributed by atoms with Crippen LogP contribution in [0.25, 0.3) is 32.1 Å². The summed E-state index contributed by atoms with van der Waals surface area (Å²) >= 11 is 1.59. The normalized spacial score (nSPS) is 10.9. The molecule has 0 saturated heterocycles. The number of amides is 1. The number of furan rings is 1. The Bertz CT molecular complexity index is 1420. The molecule has 0 bridgehead atoms. The van der Waals surface area contributed by atoms with E-state index in [-0.39, 0.29) is 17.4 Å². The first-order valence-electron chi connectivity index (χ1n) is 9.69. The van der Waals surface area contributed by atoms with Crippen molar-refractivity contribution in [3.05, 3.63) is 101 Å². The molecule has 3 aromatic carbocycles. The van der Waals surface area contributed by atoms with Gasteiger partial charge in [-0.15, -0.1) is 11.3 Å². The topological polar surface area (TPSA) is 98.3 Å². The van der Waals surface area contributed by atoms with Crippen molar-refractivity contribution in [2.75, 3.05) is 5.32 Å². The van der Waals surface area contributed by atoms with Crippen LogP contribution < -0.4 is 5.32 Å². The zero-order chi connectivity index (χ0) is 22.1. The number of anilines is 1. The molecule has 0 radical (unpaired) electrons. The van der Waals surface area contributed by atoms with E-state index in [2.05, 4.69) is 10.3 Å². The number of nitrogens with zero attached hydrogens (tertiary/aromatic N) is 2. The molecule has 2 aromatic heterocycles. The molecule has 0 aliphatic carbocycles. The van der Waals surface area contributed by atoms with Gasteiger partial charge in [0, 0.05) is 28.9 Å². The molecule has 156 valence electrons. The number of nitrogens with one attached hydrogen (secondary N) is 1. The second kappa shape index (κ2) is 8.09. The van der Waals surface area contributed by atoms with Crippen LogP contribution >= 0.6 is 11.3 Å². The average molecular weight is 441 g/mol. The van der Waals surface area contributed by atoms with Crippen molar-refractivity contribution in [3.63, 3.8) is 0 Å². The summed E-state index contributed by atoms with van der Waals surface area (Å²) in [6.45, 7) is 0. The van der Waals surface area contributed by atoms with E-state index in [0.717, 1.165) is 20.8 Å². The number of rotatable bonds is 5. The maximum Gasteiger partial charge on any atom is 0.291 e. The van der Waals surface area contributed by atoms with E-state index in [1.54, 1.807) is 41.7 Å². The maximum atomic E-state index is 12.7. The molecular weight excluding hydrogens is 426 g/mol. The van der Waals surface area contributed by atoms with Crippen LogP contribution in [0.5, 0.6) is 0 Å². The third-order valence-corrected chi connectivity index (χ3v) is 5.94. The van der Waals surface area contributed by atoms with Gasteiger partial charge in [-0.1, -0.05) is 24.3 Å². The minimum atomic E-state index is -0.465. The molecule has 1 N–H and O–H groups in total. The molecule has 32 heavy (non-hydrogen) atoms. The largest absolute Gasteiger partial charge is 0.451 e. The van der Waals surface area contributed by atoms with Gasteiger partial charge in [0.1, 0.15) is 10.8 Å². The molecule has 5 rings (SSSR count). The molecule has 2 heterocycles. The lowest BCUT2D eigenvalue weighted by Crippen LogP contribution is -2.10. The zero-order valence-electron chi connectivity index (χ0n) is 16.5. The van der Waals surface area contributed by atoms with Crippen LogP contribution in [0, 0.1) is 10.1 Å². The lowest BCUT2D eigenvalue weighted by molar-refractivity contribution is -0.384. The number of nitro groups is 1. The minimum absolute atomic E-state index is 0.00807. The van der Waals surface area contributed by atoms with Crippen molar-refractivity contribution < 1.29 is 14.1 Å². The van der Waals surface area contributed by atoms with Gasteiger partial charge in [0.2, 0.25) is 0 Å². The Morgan fingerprint density at radius 3 is 2.53 bits per heavy atom. The number of thiazole rings is 1. The van der Waals surface area contributed by atoms with Crippen molar-refractivity contribution in [1.29, 1.82) is 0 Å². The Labute approximate surface area is 186 Å². The molecule has 5 aromatic rings. The van der Waals surface area contributed by atoms with Crippen LogP contribution in [0.2, 0.25) is 0 Å². The van der Waals surface area contributed by atoms with E-state index < -0.39 is 4.92 Å². The fraction of sp³-hybridized carbons (Fsp3) is 0. The molecule has 1 amide bonds. The van der Waals surface area contributed by atoms with E-state index in [0.29, 0.717) is 17.0 Å². The number of non-ortho nitro benzene ring substituents is 1. The summed E-state index contributed by atoms with van der Waals surface area (Å²) in [6, 6.07) is 24.6. The lowest BCUT2D eigenvalue weighted by Gasteiger charge is -2.05. The first-order chi connectivity index (χ1) is 15.6. The molecular formula is C24H15N3O4S. The summed E-state index contributed by atoms with van der Waals surface area (Å²) in [7, 11) is 0. The first-order valence-corrected chi connectivity index (χ1v) is 10.5. The van der Waals surface area contributed by atoms with E-state index in [1.807, 2.05) is 42.5 Å². The van der Waals surface area contributed by atoms with Gasteiger partial charge in [-0.2, -0.15) is 0 Å². The molecule has 0 aliphatic heterocycles. The summed E-state index contributed by atoms with van der Waals surface area (Å²) in [5, 5.41) is 14.5. The fourth-order valence-corrected chi connectivity index (χ4v) is 4.24. The van der Waals surface area contributed by atoms with Gasteiger partial charge < -0.3 is 9.73 Å². The van der Waals surface area contributed by atoms with Crippen molar-refractivity contribution >= 4 is 38.8 Å². The van der Waals surface area contributed by atoms with Crippen LogP contribution in [0.4, 0.5) is 11.4 Å². The predicted molar refractivity (Wildman–Crippen MR) is 124 cm³/mol. The SMILES string of the molecule is O=C(Nc1cccc(-c2nc3ccccc3s2)c1)c1ccc(-c2ccc([N+](=O)[O-])cc2)o1. The smallest absolute Gasteiger partial charge is 0.291 e. The second-order valence-corrected chi connectivity index (χ2v) is 8.02. The number of para-hydroxylation sites is 1. The average Bonchev–Trinajstić information content (AvgIpc) is 3.47. The third kappa shape index (κ3) is 3.86. The van der Waals surface area contributed by atoms with Crippen molar-refractivity contribution in [1.82, 2.24) is 4.98 Å². The van der Waals surface area contributed by atoms with Gasteiger partial charge in [-0.25, -0.2) is 4.98 Å². The molecule has 7 nitrogen and oxygen atoms in total. The predicted octanol–water partition coefficient (Wildman–Crippen LogP) is 6.38. The molecule has 0 unspecified atom stereocenters. The highest BCUT2D eigenvalue weighted by atomic mass is 32.1. The van der Waals surface area contributed by atoms with Gasteiger partial charge in [-0.3, -0.25) is 14.9 Å². The molecule has 0 aliphatic rings. The second-order valence-electron chi connectivity index (χ2n) is 6.99. The number of carbonyl (C=O) groups excluding carboxylic acids is 1. The Hall–Kier alpha value is -4.30. The number of hydrogen-bond donors (Lipinski definition) is 1. The van der Waals surface area contributed by atoms with Crippen LogP contribution in [0.3, 0.4) is 0 Å². The van der Waals surface area contributed by atoms with Gasteiger partial charge in [-0.05, 0) is 48.5 Å². The summed E-state index contributed by atoms with van der Waals surface area (Å²) in [5.41, 5.74) is 3.12. The Morgan fingerprint density at radius 1 is 0.938 bits per heavy atom. The van der Waals surface area contributed by atoms with Gasteiger partial charge in [0.25, 0.3) is 11.6 Å². The quantitative estimate of drug-likeness (QED) is 0.252. The molecule has 0 saturated carbocycles. The van der Waals surface area contributed by atoms with Gasteiger partial charge in [0.15, 0.2) is 5.76 Å². The number of fused-ring (bicyclic) bond motifs is 1. The van der Waals surface area contributed by atoms with Crippen molar-refractivity contribution in [2.45, 2.75) is 0 Å². The van der Waals surface area contributed by atoms with Gasteiger partial charge >= 0.3 is 0 Å². The fourth-order valence-electron chi connectivity index (χ4n) is 3.28. The monoisotopic (exact) mass is 441 g/mol. The lowest BCUT2D eigenvalue weighted by atomic mass is 10.1. The van der Waals surface area contributed by atoms with Crippen molar-refractivity contribution in [3.8, 4) is 21.9 Å². The minimum Gasteiger partial charge on any atom is -0.451 e. The van der Waals surface area contributed by atoms with Crippen LogP contribution in [-0.2, 0) is 0 Å². The Kier molecular flexibility index (Phi) is 4.97. The van der Waals surface area contributed by atoms with Crippen LogP contribution in [0.15, 0.2) is 89.3 Å². The van der Waals surface area contributed by atoms with Crippen molar-refractivity contribution in [2.24, 2.45) is 0 Å². The van der Waals surface area contributed by atoms with E-state index in [4.69, 9.17) is 4.42 Å². The number of nitro benzene ring substituents is 1. The number of carbonyl (C=O) groups is 1. The maximum absolute atomic E-state index is 12.7. The van der Waals surface area contributed by atoms with E-state index in [9.17, 15) is 14.9 Å². The highest BCUT2D eigenvalue weighted by Crippen LogP contribution is 2.31. The summed E-state index contributed by atoms with van der Waals surface area (Å²) in [5.74, 6) is 0.205. The van der Waals surface area contributed by atoms with Crippen LogP contribution in [-0.4, -0.2) is 15.8 Å². The highest BCUT2D eigenvalue weighted by Gasteiger charge is 2.14. The molecule has 8 heteroatoms. The zero-order valence-corrected chi connectivity index (χ0v) is 17.3. The summed E-state index contributed by atoms with van der Waals surface area (Å²) in [6.07, 6.45) is 0. The van der Waals surface area contributed by atoms with E-state index in [1.165, 1.54) is 12.1 Å². The van der Waals surface area contributed by atoms with Gasteiger partial charge in [0.05, 0.1) is 15.1 Å². The molecule has 0 spiro atoms. The number of hydrogen-bond acceptors (Lipinski definition) is 6. The number of aromatic nitrogens is 1. The molecule has 0 fully saturated rings. The Balaban J connectivity index is 1.34. The number of benzene rings is 3. The first kappa shape index (κ1) is 19.7. The molecule has 0 atom stereocenters. The summed E-state index contributed by atoms with van der Waals surface area (Å²) in [4.78, 5) is 27.7. The standard InChI is InChI=1S/C24H15N3O4S/c28-23(21-13-12-20(31-21)15-8-10-18(11-9-15)27(29)30)25-17-5-3-4-16(14-17)24-26-19-6-1-2-7-22(19)32-24/h1-14H,(H,25,28). The summed E-state index contributed by atoms with van der Waals surface area (Å²) < 4.78 is 6.77. The third-order valence-electron chi connectivity index (χ3n) is 4.85. The Morgan fingerprint density at radius 2 is 1.75 bits per heavy atom.